The summed E-state index contributed by atoms with van der Waals surface area (Å²) in [4.78, 5) is 12.8. The van der Waals surface area contributed by atoms with E-state index in [0.29, 0.717) is 11.6 Å². The summed E-state index contributed by atoms with van der Waals surface area (Å²) in [6.45, 7) is 7.66. The van der Waals surface area contributed by atoms with E-state index in [4.69, 9.17) is 0 Å². The fourth-order valence-electron chi connectivity index (χ4n) is 3.37. The van der Waals surface area contributed by atoms with Crippen LogP contribution in [-0.2, 0) is 14.8 Å². The smallest absolute Gasteiger partial charge is 0.241 e. The number of amides is 1. The zero-order valence-corrected chi connectivity index (χ0v) is 18.1. The van der Waals surface area contributed by atoms with Crippen molar-refractivity contribution < 1.29 is 13.2 Å². The van der Waals surface area contributed by atoms with Gasteiger partial charge in [-0.25, -0.2) is 8.42 Å². The second-order valence-electron chi connectivity index (χ2n) is 7.67. The van der Waals surface area contributed by atoms with Crippen molar-refractivity contribution in [2.45, 2.75) is 40.2 Å². The average molecular weight is 403 g/mol. The number of sulfonamides is 1. The normalized spacial score (nSPS) is 12.6. The van der Waals surface area contributed by atoms with E-state index in [9.17, 15) is 13.2 Å². The summed E-state index contributed by atoms with van der Waals surface area (Å²) in [7, 11) is -3.61. The minimum atomic E-state index is -3.61. The molecule has 2 aromatic carbocycles. The molecular weight excluding hydrogens is 372 g/mol. The molecule has 0 aromatic heterocycles. The third-order valence-corrected chi connectivity index (χ3v) is 5.73. The standard InChI is InChI=1S/C22H30N2O3S/c1-16(2)14-20(19-12-7-6-8-13-19)23-21(25)15-24(28(5,26)27)22-17(3)10-9-11-18(22)4/h6-13,16,20H,14-15H2,1-5H3,(H,23,25). The highest BCUT2D eigenvalue weighted by Crippen LogP contribution is 2.27. The minimum absolute atomic E-state index is 0.159. The SMILES string of the molecule is Cc1cccc(C)c1N(CC(=O)NC(CC(C)C)c1ccccc1)S(C)(=O)=O. The van der Waals surface area contributed by atoms with Crippen LogP contribution in [0, 0.1) is 19.8 Å². The number of hydrogen-bond acceptors (Lipinski definition) is 3. The highest BCUT2D eigenvalue weighted by Gasteiger charge is 2.25. The number of carbonyl (C=O) groups is 1. The number of nitrogens with one attached hydrogen (secondary N) is 1. The van der Waals surface area contributed by atoms with Crippen LogP contribution < -0.4 is 9.62 Å². The first kappa shape index (κ1) is 22.0. The van der Waals surface area contributed by atoms with Crippen LogP contribution in [0.1, 0.15) is 43.0 Å². The van der Waals surface area contributed by atoms with Crippen molar-refractivity contribution in [3.05, 3.63) is 65.2 Å². The number of para-hydroxylation sites is 1. The van der Waals surface area contributed by atoms with Crippen LogP contribution >= 0.6 is 0 Å². The van der Waals surface area contributed by atoms with E-state index < -0.39 is 10.0 Å². The predicted molar refractivity (Wildman–Crippen MR) is 115 cm³/mol. The summed E-state index contributed by atoms with van der Waals surface area (Å²) in [5.74, 6) is 0.0673. The van der Waals surface area contributed by atoms with Gasteiger partial charge in [0.05, 0.1) is 18.0 Å². The van der Waals surface area contributed by atoms with Crippen LogP contribution in [0.4, 0.5) is 5.69 Å². The van der Waals surface area contributed by atoms with Gasteiger partial charge in [0.2, 0.25) is 15.9 Å². The highest BCUT2D eigenvalue weighted by molar-refractivity contribution is 7.92. The Hall–Kier alpha value is -2.34. The lowest BCUT2D eigenvalue weighted by atomic mass is 9.97. The van der Waals surface area contributed by atoms with E-state index >= 15 is 0 Å². The van der Waals surface area contributed by atoms with Gasteiger partial charge in [-0.1, -0.05) is 62.4 Å². The summed E-state index contributed by atoms with van der Waals surface area (Å²) < 4.78 is 26.1. The first-order chi connectivity index (χ1) is 13.1. The molecule has 152 valence electrons. The quantitative estimate of drug-likeness (QED) is 0.726. The Kier molecular flexibility index (Phi) is 7.24. The lowest BCUT2D eigenvalue weighted by molar-refractivity contribution is -0.120. The van der Waals surface area contributed by atoms with Crippen molar-refractivity contribution in [3.8, 4) is 0 Å². The zero-order valence-electron chi connectivity index (χ0n) is 17.3. The van der Waals surface area contributed by atoms with Gasteiger partial charge in [-0.2, -0.15) is 0 Å². The Labute approximate surface area is 168 Å². The Morgan fingerprint density at radius 2 is 1.57 bits per heavy atom. The molecule has 0 radical (unpaired) electrons. The number of hydrogen-bond donors (Lipinski definition) is 1. The van der Waals surface area contributed by atoms with E-state index in [0.717, 1.165) is 29.4 Å². The Morgan fingerprint density at radius 1 is 1.00 bits per heavy atom. The second kappa shape index (κ2) is 9.24. The third-order valence-electron chi connectivity index (χ3n) is 4.62. The maximum absolute atomic E-state index is 12.8. The van der Waals surface area contributed by atoms with Crippen LogP contribution in [0.3, 0.4) is 0 Å². The lowest BCUT2D eigenvalue weighted by Crippen LogP contribution is -2.42. The maximum atomic E-state index is 12.8. The molecule has 0 saturated carbocycles. The Morgan fingerprint density at radius 3 is 2.07 bits per heavy atom. The molecule has 0 aliphatic heterocycles. The fraction of sp³-hybridized carbons (Fsp3) is 0.409. The van der Waals surface area contributed by atoms with Crippen molar-refractivity contribution in [2.24, 2.45) is 5.92 Å². The molecular formula is C22H30N2O3S. The highest BCUT2D eigenvalue weighted by atomic mass is 32.2. The van der Waals surface area contributed by atoms with Gasteiger partial charge in [-0.3, -0.25) is 9.10 Å². The first-order valence-electron chi connectivity index (χ1n) is 9.47. The van der Waals surface area contributed by atoms with Crippen molar-refractivity contribution >= 4 is 21.6 Å². The van der Waals surface area contributed by atoms with Gasteiger partial charge in [0, 0.05) is 0 Å². The lowest BCUT2D eigenvalue weighted by Gasteiger charge is -2.27. The second-order valence-corrected chi connectivity index (χ2v) is 9.58. The molecule has 0 saturated heterocycles. The number of nitrogens with zero attached hydrogens (tertiary/aromatic N) is 1. The van der Waals surface area contributed by atoms with Crippen molar-refractivity contribution in [3.63, 3.8) is 0 Å². The third kappa shape index (κ3) is 5.83. The van der Waals surface area contributed by atoms with E-state index in [1.807, 2.05) is 62.4 Å². The van der Waals surface area contributed by atoms with Crippen LogP contribution in [0.15, 0.2) is 48.5 Å². The molecule has 0 heterocycles. The molecule has 2 aromatic rings. The Bertz CT molecular complexity index is 888. The molecule has 6 heteroatoms. The molecule has 1 N–H and O–H groups in total. The van der Waals surface area contributed by atoms with Crippen molar-refractivity contribution in [1.29, 1.82) is 0 Å². The molecule has 2 rings (SSSR count). The molecule has 1 unspecified atom stereocenters. The van der Waals surface area contributed by atoms with E-state index in [1.165, 1.54) is 4.31 Å². The molecule has 1 amide bonds. The van der Waals surface area contributed by atoms with Crippen LogP contribution in [0.2, 0.25) is 0 Å². The summed E-state index contributed by atoms with van der Waals surface area (Å²) in [6.07, 6.45) is 1.91. The van der Waals surface area contributed by atoms with Gasteiger partial charge in [-0.15, -0.1) is 0 Å². The van der Waals surface area contributed by atoms with Crippen LogP contribution in [0.5, 0.6) is 0 Å². The minimum Gasteiger partial charge on any atom is -0.348 e. The van der Waals surface area contributed by atoms with Gasteiger partial charge in [0.1, 0.15) is 6.54 Å². The molecule has 0 fully saturated rings. The van der Waals surface area contributed by atoms with E-state index in [1.54, 1.807) is 0 Å². The number of carbonyl (C=O) groups excluding carboxylic acids is 1. The summed E-state index contributed by atoms with van der Waals surface area (Å²) in [5, 5.41) is 3.03. The molecule has 0 spiro atoms. The monoisotopic (exact) mass is 402 g/mol. The van der Waals surface area contributed by atoms with Crippen molar-refractivity contribution in [2.75, 3.05) is 17.1 Å². The topological polar surface area (TPSA) is 66.5 Å². The van der Waals surface area contributed by atoms with Crippen LogP contribution in [0.25, 0.3) is 0 Å². The van der Waals surface area contributed by atoms with Gasteiger partial charge in [-0.05, 0) is 42.9 Å². The molecule has 0 aliphatic carbocycles. The molecule has 1 atom stereocenters. The maximum Gasteiger partial charge on any atom is 0.241 e. The summed E-state index contributed by atoms with van der Waals surface area (Å²) in [5.41, 5.74) is 3.22. The van der Waals surface area contributed by atoms with E-state index in [-0.39, 0.29) is 18.5 Å². The van der Waals surface area contributed by atoms with Gasteiger partial charge < -0.3 is 5.32 Å². The first-order valence-corrected chi connectivity index (χ1v) is 11.3. The summed E-state index contributed by atoms with van der Waals surface area (Å²) in [6, 6.07) is 15.2. The summed E-state index contributed by atoms with van der Waals surface area (Å²) >= 11 is 0. The van der Waals surface area contributed by atoms with Gasteiger partial charge in [0.15, 0.2) is 0 Å². The number of benzene rings is 2. The van der Waals surface area contributed by atoms with Gasteiger partial charge >= 0.3 is 0 Å². The number of rotatable bonds is 8. The molecule has 0 bridgehead atoms. The fourth-order valence-corrected chi connectivity index (χ4v) is 4.34. The Balaban J connectivity index is 2.28. The number of aryl methyl sites for hydroxylation is 2. The van der Waals surface area contributed by atoms with Gasteiger partial charge in [0.25, 0.3) is 0 Å². The molecule has 0 aliphatic rings. The van der Waals surface area contributed by atoms with E-state index in [2.05, 4.69) is 19.2 Å². The van der Waals surface area contributed by atoms with Crippen LogP contribution in [-0.4, -0.2) is 27.1 Å². The average Bonchev–Trinajstić information content (AvgIpc) is 2.59. The zero-order chi connectivity index (χ0) is 20.9. The predicted octanol–water partition coefficient (Wildman–Crippen LogP) is 3.97. The molecule has 5 nitrogen and oxygen atoms in total. The van der Waals surface area contributed by atoms with Crippen molar-refractivity contribution in [1.82, 2.24) is 5.32 Å². The number of anilines is 1. The largest absolute Gasteiger partial charge is 0.348 e. The molecule has 28 heavy (non-hydrogen) atoms.